The maximum atomic E-state index is 12.4. The summed E-state index contributed by atoms with van der Waals surface area (Å²) in [6.07, 6.45) is 4.83. The zero-order chi connectivity index (χ0) is 15.6. The highest BCUT2D eigenvalue weighted by molar-refractivity contribution is 5.91. The van der Waals surface area contributed by atoms with Crippen molar-refractivity contribution in [3.63, 3.8) is 0 Å². The van der Waals surface area contributed by atoms with E-state index in [1.165, 1.54) is 0 Å². The second-order valence-corrected chi connectivity index (χ2v) is 6.86. The van der Waals surface area contributed by atoms with Gasteiger partial charge in [-0.15, -0.1) is 0 Å². The molecule has 4 heteroatoms. The largest absolute Gasteiger partial charge is 0.346 e. The van der Waals surface area contributed by atoms with Crippen LogP contribution in [0, 0.1) is 11.3 Å². The van der Waals surface area contributed by atoms with Crippen LogP contribution >= 0.6 is 0 Å². The summed E-state index contributed by atoms with van der Waals surface area (Å²) in [5.41, 5.74) is 0.841. The Kier molecular flexibility index (Phi) is 4.45. The van der Waals surface area contributed by atoms with Gasteiger partial charge in [0.1, 0.15) is 0 Å². The lowest BCUT2D eigenvalue weighted by molar-refractivity contribution is -0.130. The molecule has 0 aromatic carbocycles. The van der Waals surface area contributed by atoms with Gasteiger partial charge in [-0.25, -0.2) is 0 Å². The molecule has 2 rings (SSSR count). The maximum absolute atomic E-state index is 12.4. The van der Waals surface area contributed by atoms with Crippen LogP contribution in [-0.4, -0.2) is 22.7 Å². The van der Waals surface area contributed by atoms with E-state index in [1.54, 1.807) is 6.20 Å². The Morgan fingerprint density at radius 3 is 2.67 bits per heavy atom. The first-order chi connectivity index (χ1) is 9.84. The fraction of sp³-hybridized carbons (Fsp3) is 0.588. The van der Waals surface area contributed by atoms with E-state index in [1.807, 2.05) is 46.0 Å². The number of aromatic nitrogens is 1. The number of hydrogen-bond donors (Lipinski definition) is 1. The molecule has 1 amide bonds. The lowest BCUT2D eigenvalue weighted by atomic mass is 9.83. The summed E-state index contributed by atoms with van der Waals surface area (Å²) in [5, 5.41) is 2.96. The summed E-state index contributed by atoms with van der Waals surface area (Å²) < 4.78 is 0. The third-order valence-electron chi connectivity index (χ3n) is 4.06. The standard InChI is InChI=1S/C17H24N2O2/c1-5-14(20)15(17(2,3)4)19-16(21)13-9-12(13)11-7-6-8-18-10-11/h6-8,10,12-13,15H,5,9H2,1-4H3,(H,19,21)/t12?,13-,15-/m1/s1. The van der Waals surface area contributed by atoms with Gasteiger partial charge in [-0.05, 0) is 29.4 Å². The van der Waals surface area contributed by atoms with Crippen LogP contribution < -0.4 is 5.32 Å². The molecule has 1 N–H and O–H groups in total. The van der Waals surface area contributed by atoms with Crippen LogP contribution in [0.5, 0.6) is 0 Å². The molecule has 1 aromatic heterocycles. The Hall–Kier alpha value is -1.71. The van der Waals surface area contributed by atoms with Crippen molar-refractivity contribution in [1.82, 2.24) is 10.3 Å². The van der Waals surface area contributed by atoms with E-state index in [2.05, 4.69) is 10.3 Å². The van der Waals surface area contributed by atoms with Gasteiger partial charge in [0.15, 0.2) is 5.78 Å². The zero-order valence-electron chi connectivity index (χ0n) is 13.2. The molecule has 3 atom stereocenters. The number of rotatable bonds is 5. The summed E-state index contributed by atoms with van der Waals surface area (Å²) in [6.45, 7) is 7.79. The molecule has 1 aliphatic carbocycles. The van der Waals surface area contributed by atoms with Crippen LogP contribution in [0.3, 0.4) is 0 Å². The van der Waals surface area contributed by atoms with E-state index in [0.29, 0.717) is 6.42 Å². The van der Waals surface area contributed by atoms with Gasteiger partial charge >= 0.3 is 0 Å². The molecular weight excluding hydrogens is 264 g/mol. The Morgan fingerprint density at radius 2 is 2.14 bits per heavy atom. The SMILES string of the molecule is CCC(=O)[C@@H](NC(=O)[C@@H]1CC1c1cccnc1)C(C)(C)C. The molecule has 0 aliphatic heterocycles. The van der Waals surface area contributed by atoms with Crippen LogP contribution in [0.1, 0.15) is 52.0 Å². The van der Waals surface area contributed by atoms with E-state index in [-0.39, 0.29) is 28.9 Å². The quantitative estimate of drug-likeness (QED) is 0.906. The fourth-order valence-electron chi connectivity index (χ4n) is 2.68. The smallest absolute Gasteiger partial charge is 0.224 e. The molecule has 1 aliphatic rings. The molecule has 4 nitrogen and oxygen atoms in total. The van der Waals surface area contributed by atoms with Crippen LogP contribution in [0.25, 0.3) is 0 Å². The van der Waals surface area contributed by atoms with Gasteiger partial charge in [-0.3, -0.25) is 14.6 Å². The molecule has 0 spiro atoms. The van der Waals surface area contributed by atoms with Crippen molar-refractivity contribution < 1.29 is 9.59 Å². The molecule has 0 saturated heterocycles. The van der Waals surface area contributed by atoms with Crippen LogP contribution in [0.15, 0.2) is 24.5 Å². The molecule has 1 saturated carbocycles. The molecule has 1 aromatic rings. The van der Waals surface area contributed by atoms with Crippen LogP contribution in [0.2, 0.25) is 0 Å². The first-order valence-corrected chi connectivity index (χ1v) is 7.57. The van der Waals surface area contributed by atoms with Crippen molar-refractivity contribution >= 4 is 11.7 Å². The molecule has 0 radical (unpaired) electrons. The van der Waals surface area contributed by atoms with Crippen LogP contribution in [-0.2, 0) is 9.59 Å². The summed E-state index contributed by atoms with van der Waals surface area (Å²) in [5.74, 6) is 0.305. The molecular formula is C17H24N2O2. The van der Waals surface area contributed by atoms with Crippen molar-refractivity contribution in [3.8, 4) is 0 Å². The number of ketones is 1. The number of Topliss-reactive ketones (excluding diaryl/α,β-unsaturated/α-hetero) is 1. The van der Waals surface area contributed by atoms with Gasteiger partial charge in [-0.2, -0.15) is 0 Å². The van der Waals surface area contributed by atoms with Gasteiger partial charge in [0.2, 0.25) is 5.91 Å². The highest BCUT2D eigenvalue weighted by Crippen LogP contribution is 2.47. The maximum Gasteiger partial charge on any atom is 0.224 e. The second-order valence-electron chi connectivity index (χ2n) is 6.86. The highest BCUT2D eigenvalue weighted by atomic mass is 16.2. The highest BCUT2D eigenvalue weighted by Gasteiger charge is 2.45. The number of nitrogens with one attached hydrogen (secondary N) is 1. The van der Waals surface area contributed by atoms with Crippen molar-refractivity contribution in [2.24, 2.45) is 11.3 Å². The predicted octanol–water partition coefficient (Wildman–Crippen LogP) is 2.70. The first kappa shape index (κ1) is 15.7. The lowest BCUT2D eigenvalue weighted by Crippen LogP contribution is -2.49. The Labute approximate surface area is 126 Å². The second kappa shape index (κ2) is 5.96. The lowest BCUT2D eigenvalue weighted by Gasteiger charge is -2.30. The van der Waals surface area contributed by atoms with Gasteiger partial charge in [-0.1, -0.05) is 33.8 Å². The van der Waals surface area contributed by atoms with Crippen LogP contribution in [0.4, 0.5) is 0 Å². The number of amides is 1. The third-order valence-corrected chi connectivity index (χ3v) is 4.06. The van der Waals surface area contributed by atoms with Crippen molar-refractivity contribution in [2.75, 3.05) is 0 Å². The Balaban J connectivity index is 2.00. The van der Waals surface area contributed by atoms with E-state index < -0.39 is 6.04 Å². The molecule has 114 valence electrons. The summed E-state index contributed by atoms with van der Waals surface area (Å²) in [4.78, 5) is 28.5. The molecule has 0 bridgehead atoms. The van der Waals surface area contributed by atoms with Crippen molar-refractivity contribution in [3.05, 3.63) is 30.1 Å². The van der Waals surface area contributed by atoms with Gasteiger partial charge in [0.25, 0.3) is 0 Å². The summed E-state index contributed by atoms with van der Waals surface area (Å²) >= 11 is 0. The van der Waals surface area contributed by atoms with Gasteiger partial charge in [0, 0.05) is 24.7 Å². The number of nitrogens with zero attached hydrogens (tertiary/aromatic N) is 1. The third kappa shape index (κ3) is 3.69. The number of carbonyl (C=O) groups excluding carboxylic acids is 2. The molecule has 1 fully saturated rings. The Morgan fingerprint density at radius 1 is 1.43 bits per heavy atom. The van der Waals surface area contributed by atoms with E-state index in [9.17, 15) is 9.59 Å². The number of hydrogen-bond acceptors (Lipinski definition) is 3. The average Bonchev–Trinajstić information content (AvgIpc) is 3.24. The Bertz CT molecular complexity index is 519. The normalized spacial score (nSPS) is 22.5. The first-order valence-electron chi connectivity index (χ1n) is 7.57. The minimum absolute atomic E-state index is 0.00872. The zero-order valence-corrected chi connectivity index (χ0v) is 13.2. The van der Waals surface area contributed by atoms with E-state index >= 15 is 0 Å². The average molecular weight is 288 g/mol. The van der Waals surface area contributed by atoms with Crippen molar-refractivity contribution in [2.45, 2.75) is 52.5 Å². The molecule has 1 unspecified atom stereocenters. The molecule has 21 heavy (non-hydrogen) atoms. The molecule has 1 heterocycles. The number of carbonyl (C=O) groups is 2. The number of pyridine rings is 1. The topological polar surface area (TPSA) is 59.1 Å². The van der Waals surface area contributed by atoms with Gasteiger partial charge < -0.3 is 5.32 Å². The monoisotopic (exact) mass is 288 g/mol. The summed E-state index contributed by atoms with van der Waals surface area (Å²) in [6, 6.07) is 3.48. The van der Waals surface area contributed by atoms with Crippen molar-refractivity contribution in [1.29, 1.82) is 0 Å². The van der Waals surface area contributed by atoms with Gasteiger partial charge in [0.05, 0.1) is 6.04 Å². The minimum Gasteiger partial charge on any atom is -0.346 e. The minimum atomic E-state index is -0.412. The summed E-state index contributed by atoms with van der Waals surface area (Å²) in [7, 11) is 0. The van der Waals surface area contributed by atoms with E-state index in [4.69, 9.17) is 0 Å². The fourth-order valence-corrected chi connectivity index (χ4v) is 2.68. The van der Waals surface area contributed by atoms with E-state index in [0.717, 1.165) is 12.0 Å². The predicted molar refractivity (Wildman–Crippen MR) is 81.8 cm³/mol.